The van der Waals surface area contributed by atoms with E-state index in [-0.39, 0.29) is 11.8 Å². The van der Waals surface area contributed by atoms with Crippen LogP contribution in [0.2, 0.25) is 0 Å². The molecule has 0 radical (unpaired) electrons. The van der Waals surface area contributed by atoms with E-state index in [1.165, 1.54) is 4.70 Å². The molecular formula is C27H27N3OS. The highest BCUT2D eigenvalue weighted by Crippen LogP contribution is 2.31. The number of aromatic nitrogens is 1. The number of benzene rings is 3. The fourth-order valence-corrected chi connectivity index (χ4v) is 5.47. The number of amides is 1. The van der Waals surface area contributed by atoms with Crippen LogP contribution in [-0.2, 0) is 4.79 Å². The van der Waals surface area contributed by atoms with Crippen LogP contribution in [0.5, 0.6) is 0 Å². The first-order chi connectivity index (χ1) is 15.8. The number of piperidine rings is 1. The highest BCUT2D eigenvalue weighted by atomic mass is 32.1. The van der Waals surface area contributed by atoms with Gasteiger partial charge in [0.1, 0.15) is 0 Å². The average molecular weight is 442 g/mol. The van der Waals surface area contributed by atoms with Gasteiger partial charge in [0.25, 0.3) is 0 Å². The highest BCUT2D eigenvalue weighted by Gasteiger charge is 2.25. The minimum atomic E-state index is -0.278. The molecule has 0 atom stereocenters. The SMILES string of the molecule is O=C(NCC1CCN(c2nc3ccccc3s2)CC1)C(c1ccccc1)c1ccccc1. The van der Waals surface area contributed by atoms with Crippen LogP contribution in [0.4, 0.5) is 5.13 Å². The van der Waals surface area contributed by atoms with Gasteiger partial charge in [0.15, 0.2) is 5.13 Å². The first kappa shape index (κ1) is 20.7. The number of nitrogens with one attached hydrogen (secondary N) is 1. The first-order valence-electron chi connectivity index (χ1n) is 11.3. The molecule has 0 unspecified atom stereocenters. The second-order valence-corrected chi connectivity index (χ2v) is 9.40. The molecule has 4 aromatic rings. The molecule has 1 fully saturated rings. The molecule has 0 aliphatic carbocycles. The number of para-hydroxylation sites is 1. The van der Waals surface area contributed by atoms with Gasteiger partial charge in [0.05, 0.1) is 16.1 Å². The van der Waals surface area contributed by atoms with Crippen LogP contribution in [0.3, 0.4) is 0 Å². The van der Waals surface area contributed by atoms with Gasteiger partial charge in [-0.25, -0.2) is 4.98 Å². The number of nitrogens with zero attached hydrogens (tertiary/aromatic N) is 2. The summed E-state index contributed by atoms with van der Waals surface area (Å²) in [5, 5.41) is 4.37. The molecule has 1 aliphatic heterocycles. The molecule has 1 N–H and O–H groups in total. The van der Waals surface area contributed by atoms with Gasteiger partial charge in [0, 0.05) is 19.6 Å². The number of hydrogen-bond donors (Lipinski definition) is 1. The van der Waals surface area contributed by atoms with Gasteiger partial charge in [-0.15, -0.1) is 0 Å². The summed E-state index contributed by atoms with van der Waals surface area (Å²) in [6, 6.07) is 28.4. The van der Waals surface area contributed by atoms with Crippen LogP contribution >= 0.6 is 11.3 Å². The van der Waals surface area contributed by atoms with Crippen LogP contribution in [-0.4, -0.2) is 30.5 Å². The lowest BCUT2D eigenvalue weighted by atomic mass is 9.90. The summed E-state index contributed by atoms with van der Waals surface area (Å²) in [7, 11) is 0. The third-order valence-corrected chi connectivity index (χ3v) is 7.36. The Balaban J connectivity index is 1.20. The summed E-state index contributed by atoms with van der Waals surface area (Å²) in [5.74, 6) is 0.299. The molecule has 3 aromatic carbocycles. The number of thiazole rings is 1. The van der Waals surface area contributed by atoms with E-state index in [2.05, 4.69) is 28.4 Å². The van der Waals surface area contributed by atoms with Crippen molar-refractivity contribution < 1.29 is 4.79 Å². The molecule has 0 saturated carbocycles. The van der Waals surface area contributed by atoms with Crippen molar-refractivity contribution in [1.29, 1.82) is 0 Å². The normalized spacial score (nSPS) is 14.7. The molecule has 5 heteroatoms. The molecule has 4 nitrogen and oxygen atoms in total. The second kappa shape index (κ2) is 9.53. The zero-order chi connectivity index (χ0) is 21.8. The van der Waals surface area contributed by atoms with Gasteiger partial charge >= 0.3 is 0 Å². The molecule has 1 aliphatic rings. The van der Waals surface area contributed by atoms with E-state index >= 15 is 0 Å². The van der Waals surface area contributed by atoms with Gasteiger partial charge in [-0.3, -0.25) is 4.79 Å². The molecule has 162 valence electrons. The molecule has 5 rings (SSSR count). The van der Waals surface area contributed by atoms with E-state index in [0.29, 0.717) is 5.92 Å². The molecule has 1 aromatic heterocycles. The van der Waals surface area contributed by atoms with Crippen molar-refractivity contribution in [3.8, 4) is 0 Å². The summed E-state index contributed by atoms with van der Waals surface area (Å²) in [6.45, 7) is 2.70. The van der Waals surface area contributed by atoms with E-state index in [9.17, 15) is 4.79 Å². The third kappa shape index (κ3) is 4.53. The van der Waals surface area contributed by atoms with Gasteiger partial charge in [-0.2, -0.15) is 0 Å². The zero-order valence-corrected chi connectivity index (χ0v) is 18.8. The smallest absolute Gasteiger partial charge is 0.232 e. The summed E-state index contributed by atoms with van der Waals surface area (Å²) in [4.78, 5) is 20.4. The molecular weight excluding hydrogens is 414 g/mol. The largest absolute Gasteiger partial charge is 0.355 e. The quantitative estimate of drug-likeness (QED) is 0.432. The highest BCUT2D eigenvalue weighted by molar-refractivity contribution is 7.22. The Labute approximate surface area is 192 Å². The Morgan fingerprint density at radius 2 is 1.50 bits per heavy atom. The molecule has 0 bridgehead atoms. The van der Waals surface area contributed by atoms with Crippen LogP contribution in [0.1, 0.15) is 29.9 Å². The molecule has 1 amide bonds. The number of rotatable bonds is 6. The van der Waals surface area contributed by atoms with Crippen molar-refractivity contribution in [2.75, 3.05) is 24.5 Å². The lowest BCUT2D eigenvalue weighted by molar-refractivity contribution is -0.121. The maximum Gasteiger partial charge on any atom is 0.232 e. The lowest BCUT2D eigenvalue weighted by Crippen LogP contribution is -2.40. The maximum absolute atomic E-state index is 13.2. The number of hydrogen-bond acceptors (Lipinski definition) is 4. The van der Waals surface area contributed by atoms with Crippen LogP contribution in [0.25, 0.3) is 10.2 Å². The minimum Gasteiger partial charge on any atom is -0.355 e. The Morgan fingerprint density at radius 3 is 2.12 bits per heavy atom. The van der Waals surface area contributed by atoms with E-state index in [1.807, 2.05) is 66.7 Å². The molecule has 2 heterocycles. The van der Waals surface area contributed by atoms with Crippen LogP contribution in [0.15, 0.2) is 84.9 Å². The topological polar surface area (TPSA) is 45.2 Å². The van der Waals surface area contributed by atoms with Gasteiger partial charge in [-0.05, 0) is 42.0 Å². The van der Waals surface area contributed by atoms with Crippen molar-refractivity contribution in [3.05, 3.63) is 96.1 Å². The van der Waals surface area contributed by atoms with E-state index in [4.69, 9.17) is 4.98 Å². The maximum atomic E-state index is 13.2. The first-order valence-corrected chi connectivity index (χ1v) is 12.1. The fourth-order valence-electron chi connectivity index (χ4n) is 4.46. The Morgan fingerprint density at radius 1 is 0.906 bits per heavy atom. The summed E-state index contributed by atoms with van der Waals surface area (Å²) in [5.41, 5.74) is 3.14. The van der Waals surface area contributed by atoms with E-state index < -0.39 is 0 Å². The van der Waals surface area contributed by atoms with Gasteiger partial charge in [-0.1, -0.05) is 84.1 Å². The number of fused-ring (bicyclic) bond motifs is 1. The second-order valence-electron chi connectivity index (χ2n) is 8.39. The summed E-state index contributed by atoms with van der Waals surface area (Å²) >= 11 is 1.77. The van der Waals surface area contributed by atoms with E-state index in [1.54, 1.807) is 11.3 Å². The zero-order valence-electron chi connectivity index (χ0n) is 18.0. The standard InChI is InChI=1S/C27H27N3OS/c31-26(25(21-9-3-1-4-10-21)22-11-5-2-6-12-22)28-19-20-15-17-30(18-16-20)27-29-23-13-7-8-14-24(23)32-27/h1-14,20,25H,15-19H2,(H,28,31). The van der Waals surface area contributed by atoms with Crippen molar-refractivity contribution in [1.82, 2.24) is 10.3 Å². The predicted octanol–water partition coefficient (Wildman–Crippen LogP) is 5.46. The van der Waals surface area contributed by atoms with Gasteiger partial charge in [0.2, 0.25) is 5.91 Å². The summed E-state index contributed by atoms with van der Waals surface area (Å²) < 4.78 is 1.24. The predicted molar refractivity (Wildman–Crippen MR) is 132 cm³/mol. The summed E-state index contributed by atoms with van der Waals surface area (Å²) in [6.07, 6.45) is 2.13. The Hall–Kier alpha value is -3.18. The van der Waals surface area contributed by atoms with Gasteiger partial charge < -0.3 is 10.2 Å². The fraction of sp³-hybridized carbons (Fsp3) is 0.259. The third-order valence-electron chi connectivity index (χ3n) is 6.26. The monoisotopic (exact) mass is 441 g/mol. The average Bonchev–Trinajstić information content (AvgIpc) is 3.29. The van der Waals surface area contributed by atoms with Crippen molar-refractivity contribution >= 4 is 32.6 Å². The lowest BCUT2D eigenvalue weighted by Gasteiger charge is -2.32. The van der Waals surface area contributed by atoms with E-state index in [0.717, 1.165) is 54.3 Å². The van der Waals surface area contributed by atoms with Crippen molar-refractivity contribution in [3.63, 3.8) is 0 Å². The molecule has 1 saturated heterocycles. The molecule has 32 heavy (non-hydrogen) atoms. The Bertz CT molecular complexity index is 1090. The van der Waals surface area contributed by atoms with Crippen LogP contribution in [0, 0.1) is 5.92 Å². The molecule has 0 spiro atoms. The van der Waals surface area contributed by atoms with Crippen molar-refractivity contribution in [2.24, 2.45) is 5.92 Å². The number of anilines is 1. The number of carbonyl (C=O) groups is 1. The Kier molecular flexibility index (Phi) is 6.17. The van der Waals surface area contributed by atoms with Crippen LogP contribution < -0.4 is 10.2 Å². The number of carbonyl (C=O) groups excluding carboxylic acids is 1. The van der Waals surface area contributed by atoms with Crippen molar-refractivity contribution in [2.45, 2.75) is 18.8 Å². The minimum absolute atomic E-state index is 0.0796.